The molecule has 0 aliphatic heterocycles. The molecular formula is C19H13NO6. The minimum Gasteiger partial charge on any atom is -0.478 e. The lowest BCUT2D eigenvalue weighted by Crippen LogP contribution is -2.00. The first-order valence-corrected chi connectivity index (χ1v) is 7.59. The zero-order valence-corrected chi connectivity index (χ0v) is 13.6. The minimum absolute atomic E-state index is 0.0524. The summed E-state index contributed by atoms with van der Waals surface area (Å²) < 4.78 is 5.54. The van der Waals surface area contributed by atoms with E-state index >= 15 is 0 Å². The van der Waals surface area contributed by atoms with E-state index in [4.69, 9.17) is 9.52 Å². The highest BCUT2D eigenvalue weighted by atomic mass is 16.6. The monoisotopic (exact) mass is 351 g/mol. The Kier molecular flexibility index (Phi) is 4.36. The van der Waals surface area contributed by atoms with Crippen molar-refractivity contribution in [3.05, 3.63) is 81.1 Å². The van der Waals surface area contributed by atoms with Gasteiger partial charge in [0.05, 0.1) is 4.92 Å². The van der Waals surface area contributed by atoms with Crippen molar-refractivity contribution in [1.82, 2.24) is 0 Å². The van der Waals surface area contributed by atoms with Crippen molar-refractivity contribution >= 4 is 34.5 Å². The number of benzene rings is 2. The normalized spacial score (nSPS) is 11.5. The molecule has 1 aromatic heterocycles. The van der Waals surface area contributed by atoms with Crippen LogP contribution in [0.4, 0.5) is 5.69 Å². The smallest absolute Gasteiger partial charge is 0.331 e. The fourth-order valence-corrected chi connectivity index (χ4v) is 2.48. The van der Waals surface area contributed by atoms with Crippen LogP contribution in [0.5, 0.6) is 0 Å². The molecule has 0 radical (unpaired) electrons. The average molecular weight is 351 g/mol. The number of aliphatic carboxylic acids is 1. The predicted octanol–water partition coefficient (Wildman–Crippen LogP) is 4.06. The van der Waals surface area contributed by atoms with Crippen LogP contribution in [0, 0.1) is 10.1 Å². The Balaban J connectivity index is 1.97. The Morgan fingerprint density at radius 1 is 1.15 bits per heavy atom. The van der Waals surface area contributed by atoms with E-state index in [-0.39, 0.29) is 22.6 Å². The summed E-state index contributed by atoms with van der Waals surface area (Å²) >= 11 is 0. The highest BCUT2D eigenvalue weighted by molar-refractivity contribution is 6.09. The molecule has 3 rings (SSSR count). The topological polar surface area (TPSA) is 111 Å². The molecule has 130 valence electrons. The van der Waals surface area contributed by atoms with Crippen LogP contribution >= 0.6 is 0 Å². The van der Waals surface area contributed by atoms with E-state index in [0.717, 1.165) is 0 Å². The molecule has 0 aliphatic rings. The van der Waals surface area contributed by atoms with Gasteiger partial charge in [-0.1, -0.05) is 18.2 Å². The molecule has 1 N–H and O–H groups in total. The van der Waals surface area contributed by atoms with Crippen LogP contribution in [0.15, 0.2) is 58.5 Å². The largest absolute Gasteiger partial charge is 0.478 e. The second-order valence-electron chi connectivity index (χ2n) is 5.68. The van der Waals surface area contributed by atoms with Crippen molar-refractivity contribution in [1.29, 1.82) is 0 Å². The molecule has 3 aromatic rings. The fourth-order valence-electron chi connectivity index (χ4n) is 2.48. The molecule has 26 heavy (non-hydrogen) atoms. The van der Waals surface area contributed by atoms with Crippen LogP contribution < -0.4 is 0 Å². The number of nitrogens with zero attached hydrogens (tertiary/aromatic N) is 1. The number of non-ortho nitro benzene ring substituents is 1. The highest BCUT2D eigenvalue weighted by Gasteiger charge is 2.17. The third kappa shape index (κ3) is 3.36. The lowest BCUT2D eigenvalue weighted by atomic mass is 10.1. The van der Waals surface area contributed by atoms with Gasteiger partial charge in [-0.25, -0.2) is 4.79 Å². The van der Waals surface area contributed by atoms with Crippen molar-refractivity contribution in [3.63, 3.8) is 0 Å². The maximum atomic E-state index is 12.5. The van der Waals surface area contributed by atoms with Gasteiger partial charge in [-0.15, -0.1) is 0 Å². The van der Waals surface area contributed by atoms with Gasteiger partial charge in [0.15, 0.2) is 5.76 Å². The zero-order valence-electron chi connectivity index (χ0n) is 13.6. The molecule has 2 aromatic carbocycles. The number of carboxylic acids is 1. The second kappa shape index (κ2) is 6.64. The van der Waals surface area contributed by atoms with E-state index < -0.39 is 16.7 Å². The number of carboxylic acid groups (broad SMARTS) is 1. The number of carbonyl (C=O) groups excluding carboxylic acids is 1. The zero-order chi connectivity index (χ0) is 18.8. The summed E-state index contributed by atoms with van der Waals surface area (Å²) in [5.74, 6) is -1.43. The van der Waals surface area contributed by atoms with Gasteiger partial charge in [0.25, 0.3) is 5.69 Å². The van der Waals surface area contributed by atoms with Crippen LogP contribution in [0.3, 0.4) is 0 Å². The number of furan rings is 1. The van der Waals surface area contributed by atoms with Crippen LogP contribution in [0.2, 0.25) is 0 Å². The first-order valence-electron chi connectivity index (χ1n) is 7.59. The highest BCUT2D eigenvalue weighted by Crippen LogP contribution is 2.25. The molecular weight excluding hydrogens is 338 g/mol. The third-order valence-corrected chi connectivity index (χ3v) is 3.80. The van der Waals surface area contributed by atoms with Gasteiger partial charge in [-0.3, -0.25) is 14.9 Å². The molecule has 0 aliphatic carbocycles. The van der Waals surface area contributed by atoms with Crippen molar-refractivity contribution < 1.29 is 24.0 Å². The Hall–Kier alpha value is -3.74. The molecule has 1 heterocycles. The van der Waals surface area contributed by atoms with E-state index in [1.807, 2.05) is 0 Å². The Morgan fingerprint density at radius 3 is 2.62 bits per heavy atom. The maximum absolute atomic E-state index is 12.5. The lowest BCUT2D eigenvalue weighted by Gasteiger charge is -1.97. The lowest BCUT2D eigenvalue weighted by molar-refractivity contribution is -0.384. The number of fused-ring (bicyclic) bond motifs is 1. The van der Waals surface area contributed by atoms with Crippen molar-refractivity contribution in [2.45, 2.75) is 6.92 Å². The van der Waals surface area contributed by atoms with Crippen molar-refractivity contribution in [3.8, 4) is 0 Å². The number of nitro groups is 1. The van der Waals surface area contributed by atoms with E-state index in [1.165, 1.54) is 43.3 Å². The first-order chi connectivity index (χ1) is 12.3. The van der Waals surface area contributed by atoms with Crippen LogP contribution in [0.1, 0.15) is 28.6 Å². The molecule has 0 bridgehead atoms. The van der Waals surface area contributed by atoms with Gasteiger partial charge < -0.3 is 9.52 Å². The van der Waals surface area contributed by atoms with Crippen LogP contribution in [-0.4, -0.2) is 21.8 Å². The minimum atomic E-state index is -1.01. The maximum Gasteiger partial charge on any atom is 0.331 e. The van der Waals surface area contributed by atoms with Gasteiger partial charge in [-0.2, -0.15) is 0 Å². The van der Waals surface area contributed by atoms with E-state index in [0.29, 0.717) is 16.5 Å². The first kappa shape index (κ1) is 17.1. The van der Waals surface area contributed by atoms with Gasteiger partial charge in [0, 0.05) is 28.7 Å². The van der Waals surface area contributed by atoms with Gasteiger partial charge in [-0.05, 0) is 36.8 Å². The molecule has 0 unspecified atom stereocenters. The summed E-state index contributed by atoms with van der Waals surface area (Å²) in [4.78, 5) is 33.7. The summed E-state index contributed by atoms with van der Waals surface area (Å²) in [5, 5.41) is 20.4. The van der Waals surface area contributed by atoms with Crippen LogP contribution in [0.25, 0.3) is 17.0 Å². The van der Waals surface area contributed by atoms with E-state index in [2.05, 4.69) is 0 Å². The van der Waals surface area contributed by atoms with Gasteiger partial charge >= 0.3 is 5.97 Å². The molecule has 0 spiro atoms. The fraction of sp³-hybridized carbons (Fsp3) is 0.0526. The summed E-state index contributed by atoms with van der Waals surface area (Å²) in [5.41, 5.74) is 1.28. The number of hydrogen-bond donors (Lipinski definition) is 1. The number of ketones is 1. The molecule has 7 nitrogen and oxygen atoms in total. The summed E-state index contributed by atoms with van der Waals surface area (Å²) in [6.07, 6.45) is 1.51. The molecule has 0 atom stereocenters. The van der Waals surface area contributed by atoms with E-state index in [9.17, 15) is 19.7 Å². The molecule has 0 fully saturated rings. The Labute approximate surface area is 147 Å². The SMILES string of the molecule is C/C(=C\c1ccc2oc(C(=O)c3cccc([N+](=O)[O-])c3)cc2c1)C(=O)O. The predicted molar refractivity (Wildman–Crippen MR) is 94.0 cm³/mol. The van der Waals surface area contributed by atoms with Crippen LogP contribution in [-0.2, 0) is 4.79 Å². The average Bonchev–Trinajstić information content (AvgIpc) is 3.04. The number of nitro benzene ring substituents is 1. The van der Waals surface area contributed by atoms with Gasteiger partial charge in [0.2, 0.25) is 5.78 Å². The second-order valence-corrected chi connectivity index (χ2v) is 5.68. The molecule has 0 saturated carbocycles. The Morgan fingerprint density at radius 2 is 1.92 bits per heavy atom. The molecule has 0 amide bonds. The standard InChI is InChI=1S/C19H13NO6/c1-11(19(22)23)7-12-5-6-16-14(8-12)10-17(26-16)18(21)13-3-2-4-15(9-13)20(24)25/h2-10H,1H3,(H,22,23)/b11-7+. The summed E-state index contributed by atoms with van der Waals surface area (Å²) in [6, 6.07) is 12.0. The quantitative estimate of drug-likeness (QED) is 0.321. The third-order valence-electron chi connectivity index (χ3n) is 3.80. The van der Waals surface area contributed by atoms with E-state index in [1.54, 1.807) is 18.2 Å². The van der Waals surface area contributed by atoms with Crippen molar-refractivity contribution in [2.75, 3.05) is 0 Å². The molecule has 0 saturated heterocycles. The summed E-state index contributed by atoms with van der Waals surface area (Å²) in [6.45, 7) is 1.49. The van der Waals surface area contributed by atoms with Gasteiger partial charge in [0.1, 0.15) is 5.58 Å². The van der Waals surface area contributed by atoms with Crippen molar-refractivity contribution in [2.24, 2.45) is 0 Å². The molecule has 7 heteroatoms. The number of hydrogen-bond acceptors (Lipinski definition) is 5. The number of rotatable bonds is 5. The number of carbonyl (C=O) groups is 2. The summed E-state index contributed by atoms with van der Waals surface area (Å²) in [7, 11) is 0. The Bertz CT molecular complexity index is 1080.